The van der Waals surface area contributed by atoms with Gasteiger partial charge in [-0.3, -0.25) is 0 Å². The number of phenols is 1. The van der Waals surface area contributed by atoms with Crippen molar-refractivity contribution >= 4 is 11.6 Å². The molecule has 0 radical (unpaired) electrons. The van der Waals surface area contributed by atoms with Crippen LogP contribution in [0.25, 0.3) is 5.69 Å². The Bertz CT molecular complexity index is 960. The quantitative estimate of drug-likeness (QED) is 0.506. The SMILES string of the molecule is CCNC(=NCc1ccc(-n2cccn2)cc1)N1CCN(c2ccccc2O)CC1. The fraction of sp³-hybridized carbons (Fsp3) is 0.304. The third kappa shape index (κ3) is 4.56. The second-order valence-electron chi connectivity index (χ2n) is 7.25. The zero-order valence-corrected chi connectivity index (χ0v) is 17.3. The molecule has 1 saturated heterocycles. The van der Waals surface area contributed by atoms with E-state index in [1.54, 1.807) is 12.3 Å². The lowest BCUT2D eigenvalue weighted by Crippen LogP contribution is -2.52. The summed E-state index contributed by atoms with van der Waals surface area (Å²) in [5.74, 6) is 1.27. The summed E-state index contributed by atoms with van der Waals surface area (Å²) in [6.45, 7) is 6.96. The number of nitrogens with zero attached hydrogens (tertiary/aromatic N) is 5. The van der Waals surface area contributed by atoms with Gasteiger partial charge in [0.2, 0.25) is 0 Å². The molecule has 0 unspecified atom stereocenters. The average molecular weight is 405 g/mol. The van der Waals surface area contributed by atoms with Crippen molar-refractivity contribution in [1.82, 2.24) is 20.0 Å². The Morgan fingerprint density at radius 1 is 1.03 bits per heavy atom. The molecule has 4 rings (SSSR count). The summed E-state index contributed by atoms with van der Waals surface area (Å²) in [6, 6.07) is 17.8. The fourth-order valence-corrected chi connectivity index (χ4v) is 3.66. The van der Waals surface area contributed by atoms with E-state index >= 15 is 0 Å². The van der Waals surface area contributed by atoms with Crippen LogP contribution in [0.5, 0.6) is 5.75 Å². The van der Waals surface area contributed by atoms with Gasteiger partial charge in [-0.1, -0.05) is 24.3 Å². The molecule has 7 heteroatoms. The van der Waals surface area contributed by atoms with Gasteiger partial charge in [0, 0.05) is 45.1 Å². The summed E-state index contributed by atoms with van der Waals surface area (Å²) in [6.07, 6.45) is 3.71. The second-order valence-corrected chi connectivity index (χ2v) is 7.25. The standard InChI is InChI=1S/C23H28N6O/c1-2-24-23(25-18-19-8-10-20(11-9-19)29-13-5-12-26-29)28-16-14-27(15-17-28)21-6-3-4-7-22(21)30/h3-13,30H,2,14-18H2,1H3,(H,24,25). The first kappa shape index (κ1) is 19.8. The van der Waals surface area contributed by atoms with Crippen LogP contribution in [0.3, 0.4) is 0 Å². The number of piperazine rings is 1. The van der Waals surface area contributed by atoms with Crippen molar-refractivity contribution in [3.63, 3.8) is 0 Å². The number of hydrogen-bond acceptors (Lipinski definition) is 4. The summed E-state index contributed by atoms with van der Waals surface area (Å²) in [4.78, 5) is 9.37. The number of hydrogen-bond donors (Lipinski definition) is 2. The van der Waals surface area contributed by atoms with Crippen LogP contribution in [0.4, 0.5) is 5.69 Å². The van der Waals surface area contributed by atoms with Gasteiger partial charge in [-0.15, -0.1) is 0 Å². The first-order valence-corrected chi connectivity index (χ1v) is 10.4. The monoisotopic (exact) mass is 404 g/mol. The molecule has 1 aliphatic heterocycles. The zero-order chi connectivity index (χ0) is 20.8. The van der Waals surface area contributed by atoms with E-state index in [-0.39, 0.29) is 0 Å². The van der Waals surface area contributed by atoms with E-state index in [4.69, 9.17) is 4.99 Å². The highest BCUT2D eigenvalue weighted by atomic mass is 16.3. The Balaban J connectivity index is 1.39. The number of aliphatic imine (C=N–C) groups is 1. The van der Waals surface area contributed by atoms with E-state index in [2.05, 4.69) is 51.4 Å². The third-order valence-electron chi connectivity index (χ3n) is 5.25. The molecule has 7 nitrogen and oxygen atoms in total. The number of nitrogens with one attached hydrogen (secondary N) is 1. The number of guanidine groups is 1. The maximum atomic E-state index is 10.1. The van der Waals surface area contributed by atoms with E-state index in [1.165, 1.54) is 0 Å². The maximum absolute atomic E-state index is 10.1. The molecule has 1 aromatic heterocycles. The normalized spacial score (nSPS) is 14.8. The molecule has 2 N–H and O–H groups in total. The molecular formula is C23H28N6O. The first-order chi connectivity index (χ1) is 14.7. The Labute approximate surface area is 177 Å². The lowest BCUT2D eigenvalue weighted by atomic mass is 10.2. The lowest BCUT2D eigenvalue weighted by molar-refractivity contribution is 0.369. The summed E-state index contributed by atoms with van der Waals surface area (Å²) in [5, 5.41) is 17.8. The number of anilines is 1. The predicted molar refractivity (Wildman–Crippen MR) is 120 cm³/mol. The highest BCUT2D eigenvalue weighted by molar-refractivity contribution is 5.80. The number of aromatic hydroxyl groups is 1. The first-order valence-electron chi connectivity index (χ1n) is 10.4. The maximum Gasteiger partial charge on any atom is 0.194 e. The molecule has 0 amide bonds. The van der Waals surface area contributed by atoms with Gasteiger partial charge in [-0.05, 0) is 42.8 Å². The number of aromatic nitrogens is 2. The Hall–Kier alpha value is -3.48. The fourth-order valence-electron chi connectivity index (χ4n) is 3.66. The van der Waals surface area contributed by atoms with Crippen molar-refractivity contribution in [1.29, 1.82) is 0 Å². The van der Waals surface area contributed by atoms with E-state index in [0.717, 1.165) is 55.6 Å². The zero-order valence-electron chi connectivity index (χ0n) is 17.3. The van der Waals surface area contributed by atoms with Gasteiger partial charge in [0.1, 0.15) is 5.75 Å². The van der Waals surface area contributed by atoms with Crippen LogP contribution in [0.15, 0.2) is 72.0 Å². The van der Waals surface area contributed by atoms with Crippen LogP contribution in [0, 0.1) is 0 Å². The third-order valence-corrected chi connectivity index (χ3v) is 5.25. The summed E-state index contributed by atoms with van der Waals surface area (Å²) in [7, 11) is 0. The minimum absolute atomic E-state index is 0.338. The second kappa shape index (κ2) is 9.35. The van der Waals surface area contributed by atoms with E-state index < -0.39 is 0 Å². The van der Waals surface area contributed by atoms with Crippen molar-refractivity contribution in [2.75, 3.05) is 37.6 Å². The molecule has 2 heterocycles. The van der Waals surface area contributed by atoms with Crippen LogP contribution in [0.2, 0.25) is 0 Å². The molecule has 0 saturated carbocycles. The van der Waals surface area contributed by atoms with E-state index in [0.29, 0.717) is 12.3 Å². The van der Waals surface area contributed by atoms with Crippen molar-refractivity contribution in [2.45, 2.75) is 13.5 Å². The molecule has 1 fully saturated rings. The number of phenolic OH excluding ortho intramolecular Hbond substituents is 1. The molecule has 0 atom stereocenters. The lowest BCUT2D eigenvalue weighted by Gasteiger charge is -2.37. The molecule has 156 valence electrons. The van der Waals surface area contributed by atoms with Crippen LogP contribution in [-0.2, 0) is 6.54 Å². The molecule has 3 aromatic rings. The van der Waals surface area contributed by atoms with Gasteiger partial charge in [0.05, 0.1) is 17.9 Å². The smallest absolute Gasteiger partial charge is 0.194 e. The summed E-state index contributed by atoms with van der Waals surface area (Å²) >= 11 is 0. The minimum Gasteiger partial charge on any atom is -0.506 e. The predicted octanol–water partition coefficient (Wildman–Crippen LogP) is 2.87. The van der Waals surface area contributed by atoms with Gasteiger partial charge >= 0.3 is 0 Å². The summed E-state index contributed by atoms with van der Waals surface area (Å²) in [5.41, 5.74) is 3.10. The van der Waals surface area contributed by atoms with Crippen LogP contribution in [-0.4, -0.2) is 58.5 Å². The van der Waals surface area contributed by atoms with Crippen LogP contribution >= 0.6 is 0 Å². The van der Waals surface area contributed by atoms with Gasteiger partial charge in [-0.25, -0.2) is 9.67 Å². The number of benzene rings is 2. The molecular weight excluding hydrogens is 376 g/mol. The highest BCUT2D eigenvalue weighted by Crippen LogP contribution is 2.27. The Kier molecular flexibility index (Phi) is 6.17. The van der Waals surface area contributed by atoms with Crippen molar-refractivity contribution in [3.8, 4) is 11.4 Å². The number of rotatable bonds is 5. The minimum atomic E-state index is 0.338. The van der Waals surface area contributed by atoms with E-state index in [1.807, 2.05) is 35.1 Å². The molecule has 1 aliphatic rings. The Morgan fingerprint density at radius 3 is 2.47 bits per heavy atom. The van der Waals surface area contributed by atoms with Gasteiger partial charge in [0.25, 0.3) is 0 Å². The van der Waals surface area contributed by atoms with Gasteiger partial charge < -0.3 is 20.2 Å². The molecule has 0 aliphatic carbocycles. The molecule has 2 aromatic carbocycles. The highest BCUT2D eigenvalue weighted by Gasteiger charge is 2.21. The summed E-state index contributed by atoms with van der Waals surface area (Å²) < 4.78 is 1.85. The topological polar surface area (TPSA) is 68.9 Å². The average Bonchev–Trinajstić information content (AvgIpc) is 3.33. The molecule has 30 heavy (non-hydrogen) atoms. The van der Waals surface area contributed by atoms with Gasteiger partial charge in [-0.2, -0.15) is 5.10 Å². The Morgan fingerprint density at radius 2 is 1.80 bits per heavy atom. The molecule has 0 bridgehead atoms. The van der Waals surface area contributed by atoms with Crippen molar-refractivity contribution in [3.05, 3.63) is 72.6 Å². The van der Waals surface area contributed by atoms with E-state index in [9.17, 15) is 5.11 Å². The molecule has 0 spiro atoms. The number of para-hydroxylation sites is 2. The van der Waals surface area contributed by atoms with Crippen LogP contribution in [0.1, 0.15) is 12.5 Å². The van der Waals surface area contributed by atoms with Crippen LogP contribution < -0.4 is 10.2 Å². The van der Waals surface area contributed by atoms with Crippen molar-refractivity contribution in [2.24, 2.45) is 4.99 Å². The largest absolute Gasteiger partial charge is 0.506 e. The van der Waals surface area contributed by atoms with Gasteiger partial charge in [0.15, 0.2) is 5.96 Å². The van der Waals surface area contributed by atoms with Crippen molar-refractivity contribution < 1.29 is 5.11 Å².